The van der Waals surface area contributed by atoms with Crippen LogP contribution >= 0.6 is 0 Å². The van der Waals surface area contributed by atoms with Gasteiger partial charge in [-0.05, 0) is 25.0 Å². The van der Waals surface area contributed by atoms with Crippen LogP contribution in [-0.4, -0.2) is 63.7 Å². The molecule has 1 fully saturated rings. The predicted octanol–water partition coefficient (Wildman–Crippen LogP) is 2.39. The molecular weight excluding hydrogens is 387 g/mol. The van der Waals surface area contributed by atoms with Crippen molar-refractivity contribution in [3.63, 3.8) is 0 Å². The summed E-state index contributed by atoms with van der Waals surface area (Å²) in [7, 11) is 1.71. The molecule has 1 aromatic carbocycles. The lowest BCUT2D eigenvalue weighted by molar-refractivity contribution is -0.132. The number of halogens is 1. The summed E-state index contributed by atoms with van der Waals surface area (Å²) in [4.78, 5) is 29.2. The Morgan fingerprint density at radius 1 is 1.30 bits per heavy atom. The molecule has 2 heterocycles. The highest BCUT2D eigenvalue weighted by atomic mass is 19.1. The van der Waals surface area contributed by atoms with Gasteiger partial charge in [0.15, 0.2) is 0 Å². The number of hydrogen-bond acceptors (Lipinski definition) is 4. The van der Waals surface area contributed by atoms with Gasteiger partial charge in [-0.15, -0.1) is 0 Å². The summed E-state index contributed by atoms with van der Waals surface area (Å²) >= 11 is 0. The van der Waals surface area contributed by atoms with Crippen LogP contribution in [0.25, 0.3) is 0 Å². The van der Waals surface area contributed by atoms with Crippen molar-refractivity contribution in [3.8, 4) is 0 Å². The van der Waals surface area contributed by atoms with Crippen LogP contribution < -0.4 is 0 Å². The van der Waals surface area contributed by atoms with Gasteiger partial charge in [-0.25, -0.2) is 4.39 Å². The zero-order valence-corrected chi connectivity index (χ0v) is 18.0. The third-order valence-corrected chi connectivity index (χ3v) is 5.05. The summed E-state index contributed by atoms with van der Waals surface area (Å²) < 4.78 is 21.5. The molecule has 2 amide bonds. The van der Waals surface area contributed by atoms with E-state index >= 15 is 0 Å². The summed E-state index contributed by atoms with van der Waals surface area (Å²) in [5.74, 6) is -0.437. The van der Waals surface area contributed by atoms with Gasteiger partial charge in [-0.2, -0.15) is 5.10 Å². The SMILES string of the molecule is Cc1cc(C(=O)N2CC(=O)N(CC(C)C)C[C@@H](OCc3ccccc3F)C2)n(C)n1. The molecule has 0 saturated carbocycles. The Hall–Kier alpha value is -2.74. The summed E-state index contributed by atoms with van der Waals surface area (Å²) in [6.45, 7) is 7.13. The highest BCUT2D eigenvalue weighted by Crippen LogP contribution is 2.16. The average molecular weight is 416 g/mol. The van der Waals surface area contributed by atoms with Crippen LogP contribution in [0.3, 0.4) is 0 Å². The topological polar surface area (TPSA) is 67.7 Å². The minimum atomic E-state index is -0.423. The van der Waals surface area contributed by atoms with Gasteiger partial charge in [0, 0.05) is 32.2 Å². The number of carbonyl (C=O) groups is 2. The second-order valence-electron chi connectivity index (χ2n) is 8.20. The number of ether oxygens (including phenoxy) is 1. The van der Waals surface area contributed by atoms with Gasteiger partial charge < -0.3 is 14.5 Å². The van der Waals surface area contributed by atoms with Gasteiger partial charge in [0.25, 0.3) is 5.91 Å². The quantitative estimate of drug-likeness (QED) is 0.725. The fraction of sp³-hybridized carbons (Fsp3) is 0.500. The molecule has 2 aromatic rings. The smallest absolute Gasteiger partial charge is 0.272 e. The van der Waals surface area contributed by atoms with Gasteiger partial charge in [-0.3, -0.25) is 14.3 Å². The van der Waals surface area contributed by atoms with Crippen LogP contribution in [0, 0.1) is 18.7 Å². The van der Waals surface area contributed by atoms with E-state index in [0.29, 0.717) is 24.3 Å². The maximum Gasteiger partial charge on any atom is 0.272 e. The molecule has 0 radical (unpaired) electrons. The number of carbonyl (C=O) groups excluding carboxylic acids is 2. The fourth-order valence-electron chi connectivity index (χ4n) is 3.65. The second-order valence-corrected chi connectivity index (χ2v) is 8.20. The molecule has 0 bridgehead atoms. The Bertz CT molecular complexity index is 912. The van der Waals surface area contributed by atoms with Crippen molar-refractivity contribution in [1.82, 2.24) is 19.6 Å². The van der Waals surface area contributed by atoms with Crippen LogP contribution in [0.2, 0.25) is 0 Å². The van der Waals surface area contributed by atoms with Gasteiger partial charge in [0.1, 0.15) is 18.1 Å². The molecule has 3 rings (SSSR count). The van der Waals surface area contributed by atoms with Crippen molar-refractivity contribution < 1.29 is 18.7 Å². The third-order valence-electron chi connectivity index (χ3n) is 5.05. The lowest BCUT2D eigenvalue weighted by Crippen LogP contribution is -2.41. The van der Waals surface area contributed by atoms with Crippen LogP contribution in [0.15, 0.2) is 30.3 Å². The average Bonchev–Trinajstić information content (AvgIpc) is 2.94. The van der Waals surface area contributed by atoms with Gasteiger partial charge in [0.2, 0.25) is 5.91 Å². The molecule has 0 unspecified atom stereocenters. The van der Waals surface area contributed by atoms with E-state index in [1.54, 1.807) is 36.2 Å². The summed E-state index contributed by atoms with van der Waals surface area (Å²) in [5, 5.41) is 4.23. The molecule has 8 heteroatoms. The van der Waals surface area contributed by atoms with E-state index in [-0.39, 0.29) is 43.2 Å². The number of hydrogen-bond donors (Lipinski definition) is 0. The van der Waals surface area contributed by atoms with E-state index in [9.17, 15) is 14.0 Å². The summed E-state index contributed by atoms with van der Waals surface area (Å²) in [5.41, 5.74) is 1.60. The van der Waals surface area contributed by atoms with Gasteiger partial charge in [-0.1, -0.05) is 32.0 Å². The van der Waals surface area contributed by atoms with Crippen molar-refractivity contribution in [2.24, 2.45) is 13.0 Å². The highest BCUT2D eigenvalue weighted by Gasteiger charge is 2.32. The highest BCUT2D eigenvalue weighted by molar-refractivity contribution is 5.95. The maximum absolute atomic E-state index is 14.0. The van der Waals surface area contributed by atoms with Crippen LogP contribution in [-0.2, 0) is 23.2 Å². The lowest BCUT2D eigenvalue weighted by atomic mass is 10.2. The first-order chi connectivity index (χ1) is 14.2. The van der Waals surface area contributed by atoms with Crippen LogP contribution in [0.5, 0.6) is 0 Å². The van der Waals surface area contributed by atoms with E-state index in [4.69, 9.17) is 4.74 Å². The zero-order valence-electron chi connectivity index (χ0n) is 18.0. The molecule has 1 aliphatic heterocycles. The molecule has 30 heavy (non-hydrogen) atoms. The fourth-order valence-corrected chi connectivity index (χ4v) is 3.65. The molecule has 0 spiro atoms. The van der Waals surface area contributed by atoms with Crippen LogP contribution in [0.4, 0.5) is 4.39 Å². The Morgan fingerprint density at radius 2 is 2.03 bits per heavy atom. The minimum absolute atomic E-state index is 0.0185. The Kier molecular flexibility index (Phi) is 6.87. The first kappa shape index (κ1) is 22.0. The number of nitrogens with zero attached hydrogens (tertiary/aromatic N) is 4. The normalized spacial score (nSPS) is 17.5. The Labute approximate surface area is 176 Å². The monoisotopic (exact) mass is 416 g/mol. The Morgan fingerprint density at radius 3 is 2.67 bits per heavy atom. The first-order valence-electron chi connectivity index (χ1n) is 10.2. The standard InChI is InChI=1S/C22H29FN4O3/c1-15(2)10-26-11-18(30-14-17-7-5-6-8-19(17)23)12-27(13-21(26)28)22(29)20-9-16(3)24-25(20)4/h5-9,15,18H,10-14H2,1-4H3/t18-/m1/s1. The predicted molar refractivity (Wildman–Crippen MR) is 110 cm³/mol. The maximum atomic E-state index is 14.0. The molecule has 1 aromatic heterocycles. The Balaban J connectivity index is 1.80. The van der Waals surface area contributed by atoms with E-state index < -0.39 is 6.10 Å². The minimum Gasteiger partial charge on any atom is -0.370 e. The van der Waals surface area contributed by atoms with E-state index in [1.807, 2.05) is 20.8 Å². The second kappa shape index (κ2) is 9.38. The lowest BCUT2D eigenvalue weighted by Gasteiger charge is -2.26. The number of benzene rings is 1. The van der Waals surface area contributed by atoms with Gasteiger partial charge in [0.05, 0.1) is 18.4 Å². The molecule has 162 valence electrons. The molecule has 1 atom stereocenters. The van der Waals surface area contributed by atoms with Crippen molar-refractivity contribution in [2.45, 2.75) is 33.5 Å². The van der Waals surface area contributed by atoms with Crippen LogP contribution in [0.1, 0.15) is 35.6 Å². The number of amides is 2. The molecule has 1 aliphatic rings. The van der Waals surface area contributed by atoms with Crippen molar-refractivity contribution in [2.75, 3.05) is 26.2 Å². The molecular formula is C22H29FN4O3. The van der Waals surface area contributed by atoms with E-state index in [2.05, 4.69) is 5.10 Å². The van der Waals surface area contributed by atoms with Crippen molar-refractivity contribution in [1.29, 1.82) is 0 Å². The number of rotatable bonds is 6. The van der Waals surface area contributed by atoms with Crippen molar-refractivity contribution in [3.05, 3.63) is 53.1 Å². The summed E-state index contributed by atoms with van der Waals surface area (Å²) in [6, 6.07) is 8.15. The molecule has 1 saturated heterocycles. The first-order valence-corrected chi connectivity index (χ1v) is 10.2. The number of aryl methyl sites for hydroxylation is 2. The van der Waals surface area contributed by atoms with E-state index in [1.165, 1.54) is 15.6 Å². The molecule has 0 N–H and O–H groups in total. The van der Waals surface area contributed by atoms with E-state index in [0.717, 1.165) is 5.69 Å². The third kappa shape index (κ3) is 5.24. The van der Waals surface area contributed by atoms with Gasteiger partial charge >= 0.3 is 0 Å². The molecule has 7 nitrogen and oxygen atoms in total. The molecule has 0 aliphatic carbocycles. The zero-order chi connectivity index (χ0) is 21.8. The van der Waals surface area contributed by atoms with Crippen molar-refractivity contribution >= 4 is 11.8 Å². The number of aromatic nitrogens is 2. The largest absolute Gasteiger partial charge is 0.370 e. The summed E-state index contributed by atoms with van der Waals surface area (Å²) in [6.07, 6.45) is -0.423.